The predicted molar refractivity (Wildman–Crippen MR) is 89.6 cm³/mol. The average molecular weight is 254 g/mol. The van der Waals surface area contributed by atoms with Crippen molar-refractivity contribution in [2.75, 3.05) is 0 Å². The van der Waals surface area contributed by atoms with Crippen LogP contribution < -0.4 is 0 Å². The van der Waals surface area contributed by atoms with E-state index in [1.165, 1.54) is 31.7 Å². The van der Waals surface area contributed by atoms with Crippen LogP contribution in [0, 0.1) is 0 Å². The lowest BCUT2D eigenvalue weighted by atomic mass is 9.26. The average Bonchev–Trinajstić information content (AvgIpc) is 2.42. The van der Waals surface area contributed by atoms with Gasteiger partial charge in [0, 0.05) is 5.92 Å². The van der Waals surface area contributed by atoms with Crippen LogP contribution in [0.1, 0.15) is 17.0 Å². The maximum Gasteiger partial charge on any atom is 0.0792 e. The van der Waals surface area contributed by atoms with Crippen molar-refractivity contribution in [1.29, 1.82) is 0 Å². The smallest absolute Gasteiger partial charge is 0.0792 e. The maximum absolute atomic E-state index is 2.26. The first-order valence-corrected chi connectivity index (χ1v) is 6.51. The SMILES string of the molecule is BBBCC(c1ccccc1)c1ccccc1.Cl. The first-order valence-electron chi connectivity index (χ1n) is 6.51. The summed E-state index contributed by atoms with van der Waals surface area (Å²) in [6.07, 6.45) is 1.24. The van der Waals surface area contributed by atoms with Crippen LogP contribution in [-0.2, 0) is 0 Å². The van der Waals surface area contributed by atoms with Crippen LogP contribution in [0.25, 0.3) is 0 Å². The number of halogens is 1. The number of hydrogen-bond acceptors (Lipinski definition) is 0. The summed E-state index contributed by atoms with van der Waals surface area (Å²) in [5, 5.41) is 0. The van der Waals surface area contributed by atoms with Gasteiger partial charge in [-0.1, -0.05) is 67.0 Å². The molecule has 0 bridgehead atoms. The van der Waals surface area contributed by atoms with Crippen LogP contribution in [0.3, 0.4) is 0 Å². The zero-order valence-electron chi connectivity index (χ0n) is 10.9. The summed E-state index contributed by atoms with van der Waals surface area (Å²) in [6.45, 7) is 0. The number of benzene rings is 2. The summed E-state index contributed by atoms with van der Waals surface area (Å²) < 4.78 is 0. The van der Waals surface area contributed by atoms with Crippen molar-refractivity contribution in [3.63, 3.8) is 0 Å². The second-order valence-electron chi connectivity index (χ2n) is 4.52. The molecule has 0 spiro atoms. The summed E-state index contributed by atoms with van der Waals surface area (Å²) in [5.41, 5.74) is 2.87. The van der Waals surface area contributed by atoms with Crippen LogP contribution >= 0.6 is 12.4 Å². The molecule has 4 heteroatoms. The molecule has 0 aliphatic heterocycles. The molecule has 0 saturated carbocycles. The zero-order chi connectivity index (χ0) is 11.9. The first-order chi connectivity index (χ1) is 8.42. The molecule has 2 aromatic carbocycles. The van der Waals surface area contributed by atoms with E-state index in [1.807, 2.05) is 0 Å². The molecule has 0 heterocycles. The van der Waals surface area contributed by atoms with Crippen molar-refractivity contribution in [3.05, 3.63) is 71.8 Å². The molecule has 0 aliphatic carbocycles. The molecule has 0 aliphatic rings. The third-order valence-corrected chi connectivity index (χ3v) is 3.25. The summed E-state index contributed by atoms with van der Waals surface area (Å²) in [5.74, 6) is 0.553. The van der Waals surface area contributed by atoms with Crippen molar-refractivity contribution >= 4 is 34.4 Å². The molecule has 90 valence electrons. The first kappa shape index (κ1) is 15.0. The third-order valence-electron chi connectivity index (χ3n) is 3.25. The highest BCUT2D eigenvalue weighted by molar-refractivity contribution is 7.23. The normalized spacial score (nSPS) is 9.61. The quantitative estimate of drug-likeness (QED) is 0.716. The van der Waals surface area contributed by atoms with Crippen LogP contribution in [-0.4, -0.2) is 22.0 Å². The fourth-order valence-corrected chi connectivity index (χ4v) is 2.30. The van der Waals surface area contributed by atoms with Gasteiger partial charge in [0.05, 0.1) is 22.0 Å². The van der Waals surface area contributed by atoms with Gasteiger partial charge in [-0.2, -0.15) is 0 Å². The van der Waals surface area contributed by atoms with Crippen molar-refractivity contribution in [2.45, 2.75) is 12.2 Å². The standard InChI is InChI=1S/C14H17B3.ClH/c15-17-16-11-14(12-7-3-1-4-8-12)13-9-5-2-6-10-13;/h1-10,14,16-17H,11,15H2;1H. The van der Waals surface area contributed by atoms with E-state index in [9.17, 15) is 0 Å². The molecule has 0 aromatic heterocycles. The Balaban J connectivity index is 0.00000162. The van der Waals surface area contributed by atoms with Crippen LogP contribution in [0.4, 0.5) is 0 Å². The highest BCUT2D eigenvalue weighted by Gasteiger charge is 2.12. The van der Waals surface area contributed by atoms with Gasteiger partial charge in [-0.25, -0.2) is 0 Å². The summed E-state index contributed by atoms with van der Waals surface area (Å²) in [6, 6.07) is 21.7. The second-order valence-corrected chi connectivity index (χ2v) is 4.52. The van der Waals surface area contributed by atoms with E-state index in [-0.39, 0.29) is 12.4 Å². The van der Waals surface area contributed by atoms with Crippen molar-refractivity contribution in [2.24, 2.45) is 0 Å². The Bertz CT molecular complexity index is 394. The van der Waals surface area contributed by atoms with Gasteiger partial charge >= 0.3 is 0 Å². The minimum Gasteiger partial charge on any atom is -0.147 e. The highest BCUT2D eigenvalue weighted by Crippen LogP contribution is 2.27. The van der Waals surface area contributed by atoms with E-state index in [4.69, 9.17) is 0 Å². The summed E-state index contributed by atoms with van der Waals surface area (Å²) in [4.78, 5) is 0. The highest BCUT2D eigenvalue weighted by atomic mass is 35.5. The zero-order valence-corrected chi connectivity index (χ0v) is 11.7. The van der Waals surface area contributed by atoms with Gasteiger partial charge in [0.1, 0.15) is 0 Å². The van der Waals surface area contributed by atoms with Gasteiger partial charge in [0.15, 0.2) is 0 Å². The van der Waals surface area contributed by atoms with E-state index in [2.05, 4.69) is 68.4 Å². The van der Waals surface area contributed by atoms with Crippen molar-refractivity contribution < 1.29 is 0 Å². The van der Waals surface area contributed by atoms with Gasteiger partial charge < -0.3 is 0 Å². The summed E-state index contributed by atoms with van der Waals surface area (Å²) in [7, 11) is 4.80. The van der Waals surface area contributed by atoms with E-state index >= 15 is 0 Å². The lowest BCUT2D eigenvalue weighted by Gasteiger charge is -2.17. The van der Waals surface area contributed by atoms with Crippen molar-refractivity contribution in [1.82, 2.24) is 0 Å². The molecule has 0 saturated heterocycles. The number of hydrogen-bond donors (Lipinski definition) is 0. The Morgan fingerprint density at radius 1 is 0.833 bits per heavy atom. The number of rotatable bonds is 5. The molecular formula is C14H18B3Cl. The van der Waals surface area contributed by atoms with E-state index in [1.54, 1.807) is 0 Å². The Kier molecular flexibility index (Phi) is 6.74. The molecule has 0 nitrogen and oxygen atoms in total. The summed E-state index contributed by atoms with van der Waals surface area (Å²) >= 11 is 0. The minimum absolute atomic E-state index is 0. The molecule has 0 unspecified atom stereocenters. The van der Waals surface area contributed by atoms with Gasteiger partial charge in [-0.3, -0.25) is 0 Å². The van der Waals surface area contributed by atoms with Crippen molar-refractivity contribution in [3.8, 4) is 0 Å². The molecule has 0 atom stereocenters. The molecule has 0 amide bonds. The fraction of sp³-hybridized carbons (Fsp3) is 0.143. The molecule has 18 heavy (non-hydrogen) atoms. The molecule has 2 rings (SSSR count). The largest absolute Gasteiger partial charge is 0.147 e. The molecule has 2 aromatic rings. The molecule has 0 N–H and O–H groups in total. The fourth-order valence-electron chi connectivity index (χ4n) is 2.30. The van der Waals surface area contributed by atoms with E-state index in [0.717, 1.165) is 0 Å². The molecule has 0 fully saturated rings. The van der Waals surface area contributed by atoms with Gasteiger partial charge in [0.2, 0.25) is 0 Å². The minimum atomic E-state index is 0. The Labute approximate surface area is 118 Å². The lowest BCUT2D eigenvalue weighted by Crippen LogP contribution is -2.10. The Hall–Kier alpha value is -1.08. The van der Waals surface area contributed by atoms with Gasteiger partial charge in [-0.05, 0) is 11.1 Å². The van der Waals surface area contributed by atoms with E-state index < -0.39 is 0 Å². The Morgan fingerprint density at radius 3 is 1.67 bits per heavy atom. The monoisotopic (exact) mass is 254 g/mol. The van der Waals surface area contributed by atoms with Gasteiger partial charge in [-0.15, -0.1) is 12.4 Å². The molecule has 0 radical (unpaired) electrons. The Morgan fingerprint density at radius 2 is 1.28 bits per heavy atom. The van der Waals surface area contributed by atoms with Gasteiger partial charge in [0.25, 0.3) is 0 Å². The predicted octanol–water partition coefficient (Wildman–Crippen LogP) is 1.99. The van der Waals surface area contributed by atoms with E-state index in [0.29, 0.717) is 5.92 Å². The maximum atomic E-state index is 2.26. The van der Waals surface area contributed by atoms with Crippen LogP contribution in [0.5, 0.6) is 0 Å². The van der Waals surface area contributed by atoms with Crippen LogP contribution in [0.15, 0.2) is 60.7 Å². The van der Waals surface area contributed by atoms with Crippen LogP contribution in [0.2, 0.25) is 6.32 Å². The lowest BCUT2D eigenvalue weighted by molar-refractivity contribution is 0.917. The molecular weight excluding hydrogens is 236 g/mol. The third kappa shape index (κ3) is 3.99. The topological polar surface area (TPSA) is 0 Å². The second kappa shape index (κ2) is 8.10.